The Balaban J connectivity index is 1.21. The van der Waals surface area contributed by atoms with E-state index in [0.29, 0.717) is 38.3 Å². The summed E-state index contributed by atoms with van der Waals surface area (Å²) in [7, 11) is 0. The Bertz CT molecular complexity index is 1500. The highest BCUT2D eigenvalue weighted by Gasteiger charge is 2.37. The second kappa shape index (κ2) is 15.2. The standard InChI is InChI=1S/C34H41ClFN3O6/c1-3-13-44-25-16-23(20-45-24-11-9-21(10-12-24)34(42)43-4-2)39(19-25)32(40)15-22-14-28(35)31(17-29(22)36)38-33(41)27-18-37-30-8-6-5-7-26(27)30/h5-8,14,17-18,21,23-25,37H,3-4,9-13,15-16,19-20H2,1-2H3,(H,38,41)/t21?,23-,24?,25-/m0/s1. The van der Waals surface area contributed by atoms with Crippen molar-refractivity contribution in [1.29, 1.82) is 0 Å². The van der Waals surface area contributed by atoms with Crippen LogP contribution in [0.1, 0.15) is 68.3 Å². The first-order chi connectivity index (χ1) is 21.8. The van der Waals surface area contributed by atoms with Gasteiger partial charge >= 0.3 is 5.97 Å². The van der Waals surface area contributed by atoms with Crippen LogP contribution < -0.4 is 5.32 Å². The molecule has 1 saturated heterocycles. The number of anilines is 1. The van der Waals surface area contributed by atoms with Gasteiger partial charge < -0.3 is 29.4 Å². The van der Waals surface area contributed by atoms with Crippen molar-refractivity contribution in [2.45, 2.75) is 77.0 Å². The molecule has 11 heteroatoms. The van der Waals surface area contributed by atoms with E-state index >= 15 is 4.39 Å². The first-order valence-electron chi connectivity index (χ1n) is 15.8. The molecule has 1 aliphatic heterocycles. The second-order valence-corrected chi connectivity index (χ2v) is 12.2. The summed E-state index contributed by atoms with van der Waals surface area (Å²) in [6.07, 6.45) is 5.73. The van der Waals surface area contributed by atoms with E-state index in [1.165, 1.54) is 6.07 Å². The minimum absolute atomic E-state index is 0.00602. The number of carbonyl (C=O) groups is 3. The third kappa shape index (κ3) is 8.04. The molecular formula is C34H41ClFN3O6. The average molecular weight is 642 g/mol. The van der Waals surface area contributed by atoms with Crippen LogP contribution in [-0.2, 0) is 30.2 Å². The van der Waals surface area contributed by atoms with Crippen molar-refractivity contribution in [3.8, 4) is 0 Å². The van der Waals surface area contributed by atoms with Gasteiger partial charge in [-0.15, -0.1) is 0 Å². The predicted octanol–water partition coefficient (Wildman–Crippen LogP) is 6.29. The molecule has 1 aromatic heterocycles. The van der Waals surface area contributed by atoms with Crippen molar-refractivity contribution in [3.05, 3.63) is 64.6 Å². The van der Waals surface area contributed by atoms with E-state index in [-0.39, 0.29) is 58.7 Å². The SMILES string of the molecule is CCCO[C@H]1C[C@@H](COC2CCC(C(=O)OCC)CC2)N(C(=O)Cc2cc(Cl)c(NC(=O)c3c[nH]c4ccccc34)cc2F)C1. The van der Waals surface area contributed by atoms with Gasteiger partial charge in [-0.1, -0.05) is 36.7 Å². The van der Waals surface area contributed by atoms with Crippen molar-refractivity contribution in [2.75, 3.05) is 31.7 Å². The van der Waals surface area contributed by atoms with Crippen molar-refractivity contribution >= 4 is 46.0 Å². The molecule has 1 aliphatic carbocycles. The quantitative estimate of drug-likeness (QED) is 0.225. The lowest BCUT2D eigenvalue weighted by Crippen LogP contribution is -2.40. The molecule has 2 N–H and O–H groups in total. The fraction of sp³-hybridized carbons (Fsp3) is 0.500. The highest BCUT2D eigenvalue weighted by Crippen LogP contribution is 2.31. The number of esters is 1. The van der Waals surface area contributed by atoms with Crippen molar-refractivity contribution in [3.63, 3.8) is 0 Å². The fourth-order valence-electron chi connectivity index (χ4n) is 6.25. The van der Waals surface area contributed by atoms with Gasteiger partial charge in [-0.25, -0.2) is 4.39 Å². The molecule has 2 atom stereocenters. The summed E-state index contributed by atoms with van der Waals surface area (Å²) in [5.41, 5.74) is 1.49. The molecular weight excluding hydrogens is 601 g/mol. The smallest absolute Gasteiger partial charge is 0.308 e. The van der Waals surface area contributed by atoms with Gasteiger partial charge in [-0.05, 0) is 69.2 Å². The minimum atomic E-state index is -0.633. The van der Waals surface area contributed by atoms with Crippen LogP contribution in [0, 0.1) is 11.7 Å². The number of aromatic nitrogens is 1. The largest absolute Gasteiger partial charge is 0.466 e. The van der Waals surface area contributed by atoms with Crippen LogP contribution in [0.25, 0.3) is 10.9 Å². The predicted molar refractivity (Wildman–Crippen MR) is 170 cm³/mol. The van der Waals surface area contributed by atoms with E-state index in [9.17, 15) is 14.4 Å². The maximum atomic E-state index is 15.3. The number of hydrogen-bond donors (Lipinski definition) is 2. The number of carbonyl (C=O) groups excluding carboxylic acids is 3. The van der Waals surface area contributed by atoms with E-state index in [0.717, 1.165) is 49.1 Å². The van der Waals surface area contributed by atoms with E-state index in [1.54, 1.807) is 11.1 Å². The van der Waals surface area contributed by atoms with E-state index < -0.39 is 11.7 Å². The van der Waals surface area contributed by atoms with E-state index in [1.807, 2.05) is 38.1 Å². The molecule has 2 heterocycles. The number of aromatic amines is 1. The second-order valence-electron chi connectivity index (χ2n) is 11.8. The summed E-state index contributed by atoms with van der Waals surface area (Å²) in [6.45, 7) is 5.55. The zero-order valence-corrected chi connectivity index (χ0v) is 26.5. The summed E-state index contributed by atoms with van der Waals surface area (Å²) in [5.74, 6) is -1.54. The molecule has 1 saturated carbocycles. The van der Waals surface area contributed by atoms with Crippen molar-refractivity contribution < 1.29 is 33.0 Å². The fourth-order valence-corrected chi connectivity index (χ4v) is 6.48. The first kappa shape index (κ1) is 32.9. The third-order valence-electron chi connectivity index (χ3n) is 8.63. The van der Waals surface area contributed by atoms with Gasteiger partial charge in [0.2, 0.25) is 5.91 Å². The Labute approximate surface area is 267 Å². The lowest BCUT2D eigenvalue weighted by atomic mass is 9.87. The molecule has 0 unspecified atom stereocenters. The Hall–Kier alpha value is -3.47. The monoisotopic (exact) mass is 641 g/mol. The molecule has 0 radical (unpaired) electrons. The van der Waals surface area contributed by atoms with Crippen LogP contribution >= 0.6 is 11.6 Å². The number of rotatable bonds is 12. The topological polar surface area (TPSA) is 110 Å². The van der Waals surface area contributed by atoms with Gasteiger partial charge in [0.1, 0.15) is 5.82 Å². The van der Waals surface area contributed by atoms with Crippen LogP contribution in [0.2, 0.25) is 5.02 Å². The lowest BCUT2D eigenvalue weighted by Gasteiger charge is -2.30. The number of nitrogens with zero attached hydrogens (tertiary/aromatic N) is 1. The maximum absolute atomic E-state index is 15.3. The molecule has 2 aliphatic rings. The Morgan fingerprint density at radius 1 is 1.07 bits per heavy atom. The number of H-pyrrole nitrogens is 1. The summed E-state index contributed by atoms with van der Waals surface area (Å²) in [4.78, 5) is 43.4. The summed E-state index contributed by atoms with van der Waals surface area (Å²) < 4.78 is 32.7. The van der Waals surface area contributed by atoms with E-state index in [4.69, 9.17) is 25.8 Å². The van der Waals surface area contributed by atoms with E-state index in [2.05, 4.69) is 10.3 Å². The highest BCUT2D eigenvalue weighted by atomic mass is 35.5. The van der Waals surface area contributed by atoms with Gasteiger partial charge in [0, 0.05) is 30.3 Å². The molecule has 0 spiro atoms. The van der Waals surface area contributed by atoms with Gasteiger partial charge in [0.05, 0.1) is 60.1 Å². The number of amides is 2. The lowest BCUT2D eigenvalue weighted by molar-refractivity contribution is -0.150. The summed E-state index contributed by atoms with van der Waals surface area (Å²) in [5, 5.41) is 3.57. The van der Waals surface area contributed by atoms with Gasteiger partial charge in [0.15, 0.2) is 0 Å². The number of halogens is 2. The molecule has 3 aromatic rings. The molecule has 2 aromatic carbocycles. The Kier molecular flexibility index (Phi) is 11.1. The molecule has 2 fully saturated rings. The van der Waals surface area contributed by atoms with Crippen molar-refractivity contribution in [1.82, 2.24) is 9.88 Å². The Morgan fingerprint density at radius 2 is 1.84 bits per heavy atom. The zero-order valence-electron chi connectivity index (χ0n) is 25.8. The number of benzene rings is 2. The van der Waals surface area contributed by atoms with Gasteiger partial charge in [-0.2, -0.15) is 0 Å². The van der Waals surface area contributed by atoms with Crippen molar-refractivity contribution in [2.24, 2.45) is 5.92 Å². The summed E-state index contributed by atoms with van der Waals surface area (Å²) in [6, 6.07) is 9.72. The molecule has 2 amide bonds. The number of fused-ring (bicyclic) bond motifs is 1. The molecule has 242 valence electrons. The number of para-hydroxylation sites is 1. The molecule has 0 bridgehead atoms. The first-order valence-corrected chi connectivity index (χ1v) is 16.2. The van der Waals surface area contributed by atoms with Crippen LogP contribution in [0.4, 0.5) is 10.1 Å². The molecule has 45 heavy (non-hydrogen) atoms. The normalized spacial score (nSPS) is 21.6. The van der Waals surface area contributed by atoms with Gasteiger partial charge in [-0.3, -0.25) is 14.4 Å². The van der Waals surface area contributed by atoms with Crippen LogP contribution in [0.3, 0.4) is 0 Å². The minimum Gasteiger partial charge on any atom is -0.466 e. The van der Waals surface area contributed by atoms with Crippen LogP contribution in [0.5, 0.6) is 0 Å². The highest BCUT2D eigenvalue weighted by molar-refractivity contribution is 6.34. The number of ether oxygens (including phenoxy) is 3. The third-order valence-corrected chi connectivity index (χ3v) is 8.95. The Morgan fingerprint density at radius 3 is 2.60 bits per heavy atom. The zero-order chi connectivity index (χ0) is 31.9. The molecule has 5 rings (SSSR count). The average Bonchev–Trinajstić information content (AvgIpc) is 3.66. The summed E-state index contributed by atoms with van der Waals surface area (Å²) >= 11 is 6.48. The number of nitrogens with one attached hydrogen (secondary N) is 2. The van der Waals surface area contributed by atoms with Gasteiger partial charge in [0.25, 0.3) is 5.91 Å². The number of likely N-dealkylation sites (tertiary alicyclic amines) is 1. The van der Waals surface area contributed by atoms with Crippen LogP contribution in [-0.4, -0.2) is 72.3 Å². The number of hydrogen-bond acceptors (Lipinski definition) is 6. The van der Waals surface area contributed by atoms with Crippen LogP contribution in [0.15, 0.2) is 42.6 Å². The maximum Gasteiger partial charge on any atom is 0.308 e. The molecule has 9 nitrogen and oxygen atoms in total.